The maximum absolute atomic E-state index is 13.3. The van der Waals surface area contributed by atoms with Crippen LogP contribution >= 0.6 is 0 Å². The lowest BCUT2D eigenvalue weighted by molar-refractivity contribution is -0.178. The molecule has 4 atom stereocenters. The van der Waals surface area contributed by atoms with Crippen LogP contribution in [0.25, 0.3) is 0 Å². The van der Waals surface area contributed by atoms with Gasteiger partial charge in [-0.3, -0.25) is 4.79 Å². The number of hydrogen-bond donors (Lipinski definition) is 2. The van der Waals surface area contributed by atoms with Crippen LogP contribution in [0.4, 0.5) is 0 Å². The molecule has 140 valence electrons. The molecule has 25 heavy (non-hydrogen) atoms. The highest BCUT2D eigenvalue weighted by molar-refractivity contribution is 5.83. The summed E-state index contributed by atoms with van der Waals surface area (Å²) in [4.78, 5) is 15.1. The SMILES string of the molecule is CCC[C@@H](C#N)N(C(=O)[C@@H](N)C12CC3CC(CC(O)(C3)C1)C2)C(C)C. The van der Waals surface area contributed by atoms with E-state index in [1.807, 2.05) is 20.8 Å². The minimum absolute atomic E-state index is 0.0493. The van der Waals surface area contributed by atoms with E-state index in [-0.39, 0.29) is 17.4 Å². The largest absolute Gasteiger partial charge is 0.390 e. The Bertz CT molecular complexity index is 554. The third-order valence-electron chi connectivity index (χ3n) is 6.86. The summed E-state index contributed by atoms with van der Waals surface area (Å²) in [5, 5.41) is 20.5. The van der Waals surface area contributed by atoms with Crippen molar-refractivity contribution < 1.29 is 9.90 Å². The van der Waals surface area contributed by atoms with Gasteiger partial charge in [-0.05, 0) is 76.0 Å². The third kappa shape index (κ3) is 3.19. The smallest absolute Gasteiger partial charge is 0.241 e. The number of hydrogen-bond acceptors (Lipinski definition) is 4. The van der Waals surface area contributed by atoms with E-state index in [1.54, 1.807) is 4.90 Å². The second kappa shape index (κ2) is 6.55. The minimum Gasteiger partial charge on any atom is -0.390 e. The van der Waals surface area contributed by atoms with Crippen molar-refractivity contribution in [1.29, 1.82) is 5.26 Å². The fraction of sp³-hybridized carbons (Fsp3) is 0.900. The number of nitrogens with zero attached hydrogens (tertiary/aromatic N) is 2. The molecule has 3 N–H and O–H groups in total. The van der Waals surface area contributed by atoms with Gasteiger partial charge in [-0.15, -0.1) is 0 Å². The van der Waals surface area contributed by atoms with Gasteiger partial charge < -0.3 is 15.7 Å². The van der Waals surface area contributed by atoms with Gasteiger partial charge in [-0.1, -0.05) is 13.3 Å². The molecular formula is C20H33N3O2. The van der Waals surface area contributed by atoms with E-state index in [4.69, 9.17) is 5.73 Å². The molecule has 0 radical (unpaired) electrons. The van der Waals surface area contributed by atoms with Crippen molar-refractivity contribution in [2.24, 2.45) is 23.0 Å². The van der Waals surface area contributed by atoms with Gasteiger partial charge in [0.05, 0.1) is 17.7 Å². The van der Waals surface area contributed by atoms with Crippen LogP contribution in [0.3, 0.4) is 0 Å². The molecule has 0 aromatic carbocycles. The van der Waals surface area contributed by atoms with Crippen LogP contribution in [-0.4, -0.2) is 39.6 Å². The van der Waals surface area contributed by atoms with Gasteiger partial charge in [-0.25, -0.2) is 0 Å². The number of carbonyl (C=O) groups is 1. The highest BCUT2D eigenvalue weighted by Gasteiger charge is 2.60. The van der Waals surface area contributed by atoms with Gasteiger partial charge in [0, 0.05) is 6.04 Å². The van der Waals surface area contributed by atoms with Crippen LogP contribution in [0.1, 0.15) is 72.1 Å². The quantitative estimate of drug-likeness (QED) is 0.772. The fourth-order valence-corrected chi connectivity index (χ4v) is 6.38. The Hall–Kier alpha value is -1.12. The van der Waals surface area contributed by atoms with Gasteiger partial charge in [0.2, 0.25) is 5.91 Å². The maximum Gasteiger partial charge on any atom is 0.241 e. The zero-order chi connectivity index (χ0) is 18.4. The van der Waals surface area contributed by atoms with Crippen LogP contribution < -0.4 is 5.73 Å². The summed E-state index contributed by atoms with van der Waals surface area (Å²) in [6, 6.07) is 1.23. The number of amides is 1. The number of nitrogens with two attached hydrogens (primary N) is 1. The molecule has 4 fully saturated rings. The first-order valence-corrected chi connectivity index (χ1v) is 9.93. The molecule has 0 spiro atoms. The van der Waals surface area contributed by atoms with Crippen molar-refractivity contribution in [2.45, 2.75) is 95.9 Å². The summed E-state index contributed by atoms with van der Waals surface area (Å²) < 4.78 is 0. The van der Waals surface area contributed by atoms with Gasteiger partial charge in [0.1, 0.15) is 6.04 Å². The van der Waals surface area contributed by atoms with Gasteiger partial charge in [0.25, 0.3) is 0 Å². The number of rotatable bonds is 6. The standard InChI is InChI=1S/C20H33N3O2/c1-4-5-16(11-21)23(13(2)3)18(24)17(22)19-7-14-6-15(8-19)10-20(25,9-14)12-19/h13-17,25H,4-10,12,22H2,1-3H3/t14?,15?,16-,17+,19?,20?/m0/s1. The molecule has 0 aromatic rings. The highest BCUT2D eigenvalue weighted by Crippen LogP contribution is 2.62. The number of carbonyl (C=O) groups excluding carboxylic acids is 1. The van der Waals surface area contributed by atoms with Crippen molar-refractivity contribution in [3.8, 4) is 6.07 Å². The summed E-state index contributed by atoms with van der Waals surface area (Å²) >= 11 is 0. The van der Waals surface area contributed by atoms with Gasteiger partial charge >= 0.3 is 0 Å². The molecule has 2 unspecified atom stereocenters. The van der Waals surface area contributed by atoms with Crippen LogP contribution in [0.15, 0.2) is 0 Å². The first-order valence-electron chi connectivity index (χ1n) is 9.93. The molecule has 4 aliphatic rings. The van der Waals surface area contributed by atoms with Crippen LogP contribution in [0.5, 0.6) is 0 Å². The molecule has 5 nitrogen and oxygen atoms in total. The molecule has 0 aliphatic heterocycles. The number of nitriles is 1. The summed E-state index contributed by atoms with van der Waals surface area (Å²) in [5.41, 5.74) is 5.69. The monoisotopic (exact) mass is 347 g/mol. The normalized spacial score (nSPS) is 38.4. The lowest BCUT2D eigenvalue weighted by Gasteiger charge is -2.61. The molecule has 4 rings (SSSR count). The van der Waals surface area contributed by atoms with E-state index >= 15 is 0 Å². The Morgan fingerprint density at radius 3 is 2.36 bits per heavy atom. The van der Waals surface area contributed by atoms with E-state index in [2.05, 4.69) is 6.07 Å². The Morgan fingerprint density at radius 2 is 1.92 bits per heavy atom. The van der Waals surface area contributed by atoms with E-state index in [0.717, 1.165) is 32.1 Å². The maximum atomic E-state index is 13.3. The average Bonchev–Trinajstić information content (AvgIpc) is 2.50. The molecule has 4 saturated carbocycles. The third-order valence-corrected chi connectivity index (χ3v) is 6.86. The first-order chi connectivity index (χ1) is 11.7. The van der Waals surface area contributed by atoms with E-state index in [9.17, 15) is 15.2 Å². The molecule has 4 aliphatic carbocycles. The van der Waals surface area contributed by atoms with Crippen LogP contribution in [0, 0.1) is 28.6 Å². The topological polar surface area (TPSA) is 90.4 Å². The molecule has 1 amide bonds. The Morgan fingerprint density at radius 1 is 1.32 bits per heavy atom. The minimum atomic E-state index is -0.622. The van der Waals surface area contributed by atoms with E-state index in [0.29, 0.717) is 24.7 Å². The second-order valence-corrected chi connectivity index (χ2v) is 9.30. The second-order valence-electron chi connectivity index (χ2n) is 9.30. The van der Waals surface area contributed by atoms with E-state index < -0.39 is 17.7 Å². The lowest BCUT2D eigenvalue weighted by Crippen LogP contribution is -2.65. The summed E-state index contributed by atoms with van der Waals surface area (Å²) in [7, 11) is 0. The molecule has 0 saturated heterocycles. The fourth-order valence-electron chi connectivity index (χ4n) is 6.38. The van der Waals surface area contributed by atoms with Crippen molar-refractivity contribution in [3.05, 3.63) is 0 Å². The van der Waals surface area contributed by atoms with Crippen molar-refractivity contribution in [1.82, 2.24) is 4.90 Å². The van der Waals surface area contributed by atoms with Crippen LogP contribution in [-0.2, 0) is 4.79 Å². The lowest BCUT2D eigenvalue weighted by atomic mass is 9.46. The predicted molar refractivity (Wildman–Crippen MR) is 96.3 cm³/mol. The van der Waals surface area contributed by atoms with Gasteiger partial charge in [-0.2, -0.15) is 5.26 Å². The van der Waals surface area contributed by atoms with Crippen molar-refractivity contribution in [2.75, 3.05) is 0 Å². The zero-order valence-corrected chi connectivity index (χ0v) is 15.9. The highest BCUT2D eigenvalue weighted by atomic mass is 16.3. The van der Waals surface area contributed by atoms with Crippen LogP contribution in [0.2, 0.25) is 0 Å². The predicted octanol–water partition coefficient (Wildman–Crippen LogP) is 2.57. The molecular weight excluding hydrogens is 314 g/mol. The Kier molecular flexibility index (Phi) is 4.89. The van der Waals surface area contributed by atoms with E-state index in [1.165, 1.54) is 6.42 Å². The van der Waals surface area contributed by atoms with Crippen molar-refractivity contribution >= 4 is 5.91 Å². The zero-order valence-electron chi connectivity index (χ0n) is 15.9. The molecule has 4 bridgehead atoms. The van der Waals surface area contributed by atoms with Crippen molar-refractivity contribution in [3.63, 3.8) is 0 Å². The van der Waals surface area contributed by atoms with Gasteiger partial charge in [0.15, 0.2) is 0 Å². The first kappa shape index (κ1) is 18.7. The Labute approximate surface area is 151 Å². The summed E-state index contributed by atoms with van der Waals surface area (Å²) in [6.45, 7) is 5.94. The average molecular weight is 348 g/mol. The molecule has 0 heterocycles. The summed E-state index contributed by atoms with van der Waals surface area (Å²) in [6.07, 6.45) is 7.01. The molecule has 5 heteroatoms. The number of aliphatic hydroxyl groups is 1. The summed E-state index contributed by atoms with van der Waals surface area (Å²) in [5.74, 6) is 0.903. The Balaban J connectivity index is 1.85. The molecule has 0 aromatic heterocycles.